The Balaban J connectivity index is 1.61. The second-order valence-corrected chi connectivity index (χ2v) is 5.58. The van der Waals surface area contributed by atoms with Crippen LogP contribution in [0.25, 0.3) is 0 Å². The lowest BCUT2D eigenvalue weighted by Gasteiger charge is -2.28. The summed E-state index contributed by atoms with van der Waals surface area (Å²) in [6, 6.07) is 8.88. The van der Waals surface area contributed by atoms with Crippen LogP contribution in [0.1, 0.15) is 18.4 Å². The van der Waals surface area contributed by atoms with E-state index in [-0.39, 0.29) is 24.6 Å². The van der Waals surface area contributed by atoms with Gasteiger partial charge in [0.1, 0.15) is 12.6 Å². The molecule has 2 heterocycles. The SMILES string of the molecule is [CH2]CONC(=O)[C@@H]1CC[C@@H]2CN1C(=O)N2OCc1ccccc1. The van der Waals surface area contributed by atoms with Gasteiger partial charge in [0.25, 0.3) is 5.91 Å². The highest BCUT2D eigenvalue weighted by atomic mass is 16.7. The monoisotopic (exact) mass is 318 g/mol. The second-order valence-electron chi connectivity index (χ2n) is 5.58. The number of hydrogen-bond donors (Lipinski definition) is 1. The Hall–Kier alpha value is -2.12. The van der Waals surface area contributed by atoms with Gasteiger partial charge in [0.05, 0.1) is 12.6 Å². The van der Waals surface area contributed by atoms with Gasteiger partial charge in [0, 0.05) is 6.54 Å². The average molecular weight is 318 g/mol. The lowest BCUT2D eigenvalue weighted by Crippen LogP contribution is -2.49. The molecule has 7 heteroatoms. The summed E-state index contributed by atoms with van der Waals surface area (Å²) in [4.78, 5) is 36.6. The average Bonchev–Trinajstić information content (AvgIpc) is 2.83. The number of benzene rings is 1. The largest absolute Gasteiger partial charge is 0.345 e. The van der Waals surface area contributed by atoms with Crippen molar-refractivity contribution in [3.63, 3.8) is 0 Å². The van der Waals surface area contributed by atoms with Gasteiger partial charge >= 0.3 is 6.03 Å². The number of hydroxylamine groups is 3. The van der Waals surface area contributed by atoms with Gasteiger partial charge in [-0.1, -0.05) is 30.3 Å². The molecule has 0 spiro atoms. The van der Waals surface area contributed by atoms with Crippen molar-refractivity contribution in [2.24, 2.45) is 0 Å². The van der Waals surface area contributed by atoms with Crippen LogP contribution >= 0.6 is 0 Å². The molecule has 7 nitrogen and oxygen atoms in total. The van der Waals surface area contributed by atoms with Crippen LogP contribution in [-0.4, -0.2) is 47.1 Å². The number of nitrogens with one attached hydrogen (secondary N) is 1. The van der Waals surface area contributed by atoms with Gasteiger partial charge in [-0.05, 0) is 25.3 Å². The summed E-state index contributed by atoms with van der Waals surface area (Å²) >= 11 is 0. The van der Waals surface area contributed by atoms with E-state index in [2.05, 4.69) is 12.4 Å². The van der Waals surface area contributed by atoms with Crippen molar-refractivity contribution in [3.05, 3.63) is 42.8 Å². The zero-order chi connectivity index (χ0) is 16.2. The van der Waals surface area contributed by atoms with E-state index in [0.717, 1.165) is 12.0 Å². The van der Waals surface area contributed by atoms with Gasteiger partial charge in [0.2, 0.25) is 0 Å². The topological polar surface area (TPSA) is 71.1 Å². The number of rotatable bonds is 6. The van der Waals surface area contributed by atoms with Gasteiger partial charge in [-0.15, -0.1) is 0 Å². The summed E-state index contributed by atoms with van der Waals surface area (Å²) in [6.07, 6.45) is 1.31. The van der Waals surface area contributed by atoms with E-state index >= 15 is 0 Å². The second kappa shape index (κ2) is 6.97. The smallest absolute Gasteiger partial charge is 0.309 e. The normalized spacial score (nSPS) is 23.3. The molecule has 2 fully saturated rings. The minimum absolute atomic E-state index is 0.0102. The molecule has 1 radical (unpaired) electrons. The number of urea groups is 1. The maximum Gasteiger partial charge on any atom is 0.345 e. The third-order valence-electron chi connectivity index (χ3n) is 4.11. The molecule has 2 aliphatic heterocycles. The zero-order valence-electron chi connectivity index (χ0n) is 12.8. The number of nitrogens with zero attached hydrogens (tertiary/aromatic N) is 2. The van der Waals surface area contributed by atoms with Gasteiger partial charge in [0.15, 0.2) is 0 Å². The number of hydrogen-bond acceptors (Lipinski definition) is 4. The standard InChI is InChI=1S/C16H20N3O4/c1-2-22-17-15(20)14-9-8-13-10-18(14)16(21)19(13)23-11-12-6-4-3-5-7-12/h3-7,13-14H,1-2,8-11H2,(H,17,20)/t13-,14+/m1/s1. The molecule has 0 unspecified atom stereocenters. The summed E-state index contributed by atoms with van der Waals surface area (Å²) in [5.41, 5.74) is 3.32. The van der Waals surface area contributed by atoms with Crippen LogP contribution in [0.3, 0.4) is 0 Å². The predicted octanol–water partition coefficient (Wildman–Crippen LogP) is 1.27. The van der Waals surface area contributed by atoms with Crippen LogP contribution in [0, 0.1) is 6.92 Å². The van der Waals surface area contributed by atoms with Crippen LogP contribution in [0.2, 0.25) is 0 Å². The molecule has 3 amide bonds. The van der Waals surface area contributed by atoms with E-state index in [9.17, 15) is 9.59 Å². The maximum atomic E-state index is 12.5. The Morgan fingerprint density at radius 3 is 2.83 bits per heavy atom. The Labute approximate surface area is 135 Å². The van der Waals surface area contributed by atoms with Crippen LogP contribution in [0.15, 0.2) is 30.3 Å². The van der Waals surface area contributed by atoms with Crippen molar-refractivity contribution in [1.82, 2.24) is 15.4 Å². The Morgan fingerprint density at radius 2 is 2.09 bits per heavy atom. The van der Waals surface area contributed by atoms with Gasteiger partial charge < -0.3 is 4.90 Å². The molecule has 1 aromatic carbocycles. The highest BCUT2D eigenvalue weighted by Crippen LogP contribution is 2.30. The van der Waals surface area contributed by atoms with E-state index in [0.29, 0.717) is 19.6 Å². The van der Waals surface area contributed by atoms with E-state index in [1.165, 1.54) is 5.06 Å². The molecule has 1 N–H and O–H groups in total. The van der Waals surface area contributed by atoms with Crippen LogP contribution in [0.4, 0.5) is 4.79 Å². The molecule has 0 aromatic heterocycles. The zero-order valence-corrected chi connectivity index (χ0v) is 12.8. The quantitative estimate of drug-likeness (QED) is 0.802. The first-order chi connectivity index (χ1) is 11.2. The van der Waals surface area contributed by atoms with E-state index in [1.807, 2.05) is 30.3 Å². The number of piperidine rings is 1. The molecule has 2 aliphatic rings. The Kier molecular flexibility index (Phi) is 4.78. The molecule has 0 saturated carbocycles. The van der Waals surface area contributed by atoms with E-state index in [1.54, 1.807) is 4.90 Å². The minimum Gasteiger partial charge on any atom is -0.309 e. The molecule has 1 aromatic rings. The molecule has 23 heavy (non-hydrogen) atoms. The molecular formula is C16H20N3O4. The third-order valence-corrected chi connectivity index (χ3v) is 4.11. The van der Waals surface area contributed by atoms with Gasteiger partial charge in [-0.3, -0.25) is 14.5 Å². The number of amides is 3. The molecule has 2 saturated heterocycles. The first-order valence-corrected chi connectivity index (χ1v) is 7.68. The van der Waals surface area contributed by atoms with Crippen molar-refractivity contribution < 1.29 is 19.3 Å². The third kappa shape index (κ3) is 3.30. The van der Waals surface area contributed by atoms with Crippen molar-refractivity contribution in [1.29, 1.82) is 0 Å². The van der Waals surface area contributed by atoms with Crippen LogP contribution in [0.5, 0.6) is 0 Å². The van der Waals surface area contributed by atoms with Crippen molar-refractivity contribution >= 4 is 11.9 Å². The Bertz CT molecular complexity index is 566. The van der Waals surface area contributed by atoms with Crippen LogP contribution in [-0.2, 0) is 21.1 Å². The van der Waals surface area contributed by atoms with Crippen molar-refractivity contribution in [3.8, 4) is 0 Å². The lowest BCUT2D eigenvalue weighted by atomic mass is 10.0. The maximum absolute atomic E-state index is 12.5. The fourth-order valence-electron chi connectivity index (χ4n) is 2.98. The Morgan fingerprint density at radius 1 is 1.30 bits per heavy atom. The van der Waals surface area contributed by atoms with Crippen molar-refractivity contribution in [2.45, 2.75) is 31.5 Å². The minimum atomic E-state index is -0.518. The number of carbonyl (C=O) groups excluding carboxylic acids is 2. The summed E-state index contributed by atoms with van der Waals surface area (Å²) in [5.74, 6) is -0.314. The first kappa shape index (κ1) is 15.8. The predicted molar refractivity (Wildman–Crippen MR) is 81.4 cm³/mol. The van der Waals surface area contributed by atoms with E-state index < -0.39 is 6.04 Å². The summed E-state index contributed by atoms with van der Waals surface area (Å²) < 4.78 is 0. The highest BCUT2D eigenvalue weighted by molar-refractivity contribution is 5.88. The molecule has 2 bridgehead atoms. The molecular weight excluding hydrogens is 298 g/mol. The fourth-order valence-corrected chi connectivity index (χ4v) is 2.98. The molecule has 2 atom stereocenters. The molecule has 0 aliphatic carbocycles. The fraction of sp³-hybridized carbons (Fsp3) is 0.438. The molecule has 3 rings (SSSR count). The van der Waals surface area contributed by atoms with Gasteiger partial charge in [-0.2, -0.15) is 5.06 Å². The van der Waals surface area contributed by atoms with Gasteiger partial charge in [-0.25, -0.2) is 10.3 Å². The highest BCUT2D eigenvalue weighted by Gasteiger charge is 2.47. The summed E-state index contributed by atoms with van der Waals surface area (Å²) in [7, 11) is 0. The number of carbonyl (C=O) groups is 2. The first-order valence-electron chi connectivity index (χ1n) is 7.68. The van der Waals surface area contributed by atoms with Crippen LogP contribution < -0.4 is 5.48 Å². The summed E-state index contributed by atoms with van der Waals surface area (Å²) in [5, 5.41) is 1.41. The van der Waals surface area contributed by atoms with E-state index in [4.69, 9.17) is 9.68 Å². The molecule has 123 valence electrons. The van der Waals surface area contributed by atoms with Crippen molar-refractivity contribution in [2.75, 3.05) is 13.2 Å². The lowest BCUT2D eigenvalue weighted by molar-refractivity contribution is -0.141. The number of fused-ring (bicyclic) bond motifs is 2. The summed E-state index contributed by atoms with van der Waals surface area (Å²) in [6.45, 7) is 4.45.